The number of amides is 1. The summed E-state index contributed by atoms with van der Waals surface area (Å²) in [5.41, 5.74) is -0.727. The normalized spacial score (nSPS) is 13.8. The van der Waals surface area contributed by atoms with Crippen LogP contribution in [0.3, 0.4) is 0 Å². The number of aryl methyl sites for hydroxylation is 1. The molecule has 0 aliphatic rings. The van der Waals surface area contributed by atoms with Crippen LogP contribution < -0.4 is 5.32 Å². The van der Waals surface area contributed by atoms with Crippen molar-refractivity contribution in [3.63, 3.8) is 0 Å². The number of carbonyl (C=O) groups excluding carboxylic acids is 1. The molecule has 0 fully saturated rings. The molecule has 0 aliphatic carbocycles. The van der Waals surface area contributed by atoms with Gasteiger partial charge in [-0.15, -0.1) is 0 Å². The number of benzene rings is 1. The minimum absolute atomic E-state index is 0.0793. The maximum absolute atomic E-state index is 13.7. The van der Waals surface area contributed by atoms with Gasteiger partial charge >= 0.3 is 0 Å². The molecule has 0 bridgehead atoms. The monoisotopic (exact) mass is 312 g/mol. The van der Waals surface area contributed by atoms with Crippen molar-refractivity contribution in [1.82, 2.24) is 9.69 Å². The first kappa shape index (κ1) is 15.5. The van der Waals surface area contributed by atoms with E-state index in [4.69, 9.17) is 0 Å². The van der Waals surface area contributed by atoms with E-state index in [-0.39, 0.29) is 12.1 Å². The van der Waals surface area contributed by atoms with Gasteiger partial charge in [0.25, 0.3) is 5.91 Å². The molecule has 112 valence electrons. The highest BCUT2D eigenvalue weighted by molar-refractivity contribution is 7.03. The molecule has 1 heterocycles. The number of hydrogen-bond donors (Lipinski definition) is 2. The van der Waals surface area contributed by atoms with Crippen LogP contribution in [0, 0.1) is 18.6 Å². The molecule has 7 heteroatoms. The molecule has 21 heavy (non-hydrogen) atoms. The highest BCUT2D eigenvalue weighted by Crippen LogP contribution is 2.23. The Bertz CT molecular complexity index is 671. The van der Waals surface area contributed by atoms with Crippen molar-refractivity contribution in [3.05, 3.63) is 52.0 Å². The SMILES string of the molecule is Cc1nscc1C(=O)NCC(C)(O)c1ccc(F)cc1F. The predicted octanol–water partition coefficient (Wildman–Crippen LogP) is 2.37. The summed E-state index contributed by atoms with van der Waals surface area (Å²) in [6.45, 7) is 2.84. The molecule has 1 aromatic heterocycles. The topological polar surface area (TPSA) is 62.2 Å². The molecule has 0 aliphatic heterocycles. The van der Waals surface area contributed by atoms with Gasteiger partial charge in [0.1, 0.15) is 17.2 Å². The first-order valence-electron chi connectivity index (χ1n) is 6.18. The Balaban J connectivity index is 2.11. The summed E-state index contributed by atoms with van der Waals surface area (Å²) in [6, 6.07) is 2.91. The molecule has 0 saturated carbocycles. The fourth-order valence-electron chi connectivity index (χ4n) is 1.88. The zero-order valence-electron chi connectivity index (χ0n) is 11.5. The summed E-state index contributed by atoms with van der Waals surface area (Å²) in [4.78, 5) is 11.9. The van der Waals surface area contributed by atoms with Crippen molar-refractivity contribution >= 4 is 17.4 Å². The first-order chi connectivity index (χ1) is 9.81. The lowest BCUT2D eigenvalue weighted by Crippen LogP contribution is -2.39. The highest BCUT2D eigenvalue weighted by Gasteiger charge is 2.28. The van der Waals surface area contributed by atoms with Crippen LogP contribution in [-0.2, 0) is 5.60 Å². The zero-order valence-corrected chi connectivity index (χ0v) is 12.3. The highest BCUT2D eigenvalue weighted by atomic mass is 32.1. The van der Waals surface area contributed by atoms with Gasteiger partial charge in [0.15, 0.2) is 0 Å². The van der Waals surface area contributed by atoms with E-state index in [1.54, 1.807) is 12.3 Å². The van der Waals surface area contributed by atoms with Crippen LogP contribution in [0.5, 0.6) is 0 Å². The second-order valence-corrected chi connectivity index (χ2v) is 5.52. The first-order valence-corrected chi connectivity index (χ1v) is 7.02. The van der Waals surface area contributed by atoms with Crippen LogP contribution >= 0.6 is 11.5 Å². The summed E-state index contributed by atoms with van der Waals surface area (Å²) in [5, 5.41) is 14.4. The second-order valence-electron chi connectivity index (χ2n) is 4.89. The van der Waals surface area contributed by atoms with Crippen molar-refractivity contribution in [2.75, 3.05) is 6.54 Å². The van der Waals surface area contributed by atoms with E-state index in [9.17, 15) is 18.7 Å². The van der Waals surface area contributed by atoms with Gasteiger partial charge in [0.05, 0.1) is 17.8 Å². The van der Waals surface area contributed by atoms with Gasteiger partial charge in [-0.25, -0.2) is 8.78 Å². The Labute approximate surface area is 124 Å². The number of halogens is 2. The molecule has 0 spiro atoms. The van der Waals surface area contributed by atoms with Crippen molar-refractivity contribution in [1.29, 1.82) is 0 Å². The van der Waals surface area contributed by atoms with Crippen molar-refractivity contribution in [2.45, 2.75) is 19.4 Å². The minimum Gasteiger partial charge on any atom is -0.383 e. The van der Waals surface area contributed by atoms with Crippen LogP contribution in [0.1, 0.15) is 28.5 Å². The summed E-state index contributed by atoms with van der Waals surface area (Å²) in [6.07, 6.45) is 0. The molecule has 0 radical (unpaired) electrons. The molecular formula is C14H14F2N2O2S. The molecule has 2 aromatic rings. The zero-order chi connectivity index (χ0) is 15.6. The Morgan fingerprint density at radius 3 is 2.76 bits per heavy atom. The fourth-order valence-corrected chi connectivity index (χ4v) is 2.57. The number of nitrogens with zero attached hydrogens (tertiary/aromatic N) is 1. The largest absolute Gasteiger partial charge is 0.383 e. The number of rotatable bonds is 4. The van der Waals surface area contributed by atoms with Gasteiger partial charge in [-0.3, -0.25) is 4.79 Å². The number of carbonyl (C=O) groups is 1. The number of nitrogens with one attached hydrogen (secondary N) is 1. The Morgan fingerprint density at radius 2 is 2.19 bits per heavy atom. The number of hydrogen-bond acceptors (Lipinski definition) is 4. The predicted molar refractivity (Wildman–Crippen MR) is 75.1 cm³/mol. The van der Waals surface area contributed by atoms with Gasteiger partial charge in [0, 0.05) is 17.0 Å². The van der Waals surface area contributed by atoms with Crippen molar-refractivity contribution in [2.24, 2.45) is 0 Å². The average Bonchev–Trinajstić information content (AvgIpc) is 2.82. The number of aliphatic hydroxyl groups is 1. The van der Waals surface area contributed by atoms with E-state index >= 15 is 0 Å². The molecular weight excluding hydrogens is 298 g/mol. The smallest absolute Gasteiger partial charge is 0.254 e. The number of aromatic nitrogens is 1. The van der Waals surface area contributed by atoms with Crippen LogP contribution in [-0.4, -0.2) is 21.9 Å². The van der Waals surface area contributed by atoms with Crippen LogP contribution in [0.2, 0.25) is 0 Å². The average molecular weight is 312 g/mol. The van der Waals surface area contributed by atoms with Crippen LogP contribution in [0.15, 0.2) is 23.6 Å². The Morgan fingerprint density at radius 1 is 1.48 bits per heavy atom. The van der Waals surface area contributed by atoms with Gasteiger partial charge in [-0.1, -0.05) is 6.07 Å². The third-order valence-electron chi connectivity index (χ3n) is 3.10. The minimum atomic E-state index is -1.65. The van der Waals surface area contributed by atoms with Crippen LogP contribution in [0.4, 0.5) is 8.78 Å². The molecule has 2 rings (SSSR count). The molecule has 4 nitrogen and oxygen atoms in total. The quantitative estimate of drug-likeness (QED) is 0.911. The second kappa shape index (κ2) is 5.87. The maximum atomic E-state index is 13.7. The summed E-state index contributed by atoms with van der Waals surface area (Å²) < 4.78 is 30.6. The van der Waals surface area contributed by atoms with E-state index in [0.29, 0.717) is 17.3 Å². The van der Waals surface area contributed by atoms with Gasteiger partial charge in [-0.05, 0) is 31.4 Å². The third kappa shape index (κ3) is 3.43. The molecule has 1 atom stereocenters. The fraction of sp³-hybridized carbons (Fsp3) is 0.286. The molecule has 1 amide bonds. The van der Waals surface area contributed by atoms with Crippen molar-refractivity contribution < 1.29 is 18.7 Å². The molecule has 1 aromatic carbocycles. The van der Waals surface area contributed by atoms with E-state index in [0.717, 1.165) is 23.7 Å². The lowest BCUT2D eigenvalue weighted by atomic mass is 9.95. The maximum Gasteiger partial charge on any atom is 0.254 e. The molecule has 1 unspecified atom stereocenters. The van der Waals surface area contributed by atoms with E-state index in [1.165, 1.54) is 6.92 Å². The summed E-state index contributed by atoms with van der Waals surface area (Å²) in [7, 11) is 0. The van der Waals surface area contributed by atoms with Crippen molar-refractivity contribution in [3.8, 4) is 0 Å². The van der Waals surface area contributed by atoms with E-state index in [1.807, 2.05) is 0 Å². The molecule has 2 N–H and O–H groups in total. The van der Waals surface area contributed by atoms with Gasteiger partial charge in [0.2, 0.25) is 0 Å². The third-order valence-corrected chi connectivity index (χ3v) is 3.82. The Hall–Kier alpha value is -1.86. The summed E-state index contributed by atoms with van der Waals surface area (Å²) >= 11 is 1.15. The lowest BCUT2D eigenvalue weighted by Gasteiger charge is -2.24. The van der Waals surface area contributed by atoms with Gasteiger partial charge < -0.3 is 10.4 Å². The van der Waals surface area contributed by atoms with Gasteiger partial charge in [-0.2, -0.15) is 4.37 Å². The standard InChI is InChI=1S/C14H14F2N2O2S/c1-8-10(6-21-18-8)13(19)17-7-14(2,20)11-4-3-9(15)5-12(11)16/h3-6,20H,7H2,1-2H3,(H,17,19). The summed E-state index contributed by atoms with van der Waals surface area (Å²) in [5.74, 6) is -1.98. The van der Waals surface area contributed by atoms with E-state index in [2.05, 4.69) is 9.69 Å². The molecule has 0 saturated heterocycles. The van der Waals surface area contributed by atoms with E-state index < -0.39 is 23.1 Å². The Kier molecular flexibility index (Phi) is 4.34. The lowest BCUT2D eigenvalue weighted by molar-refractivity contribution is 0.0494. The van der Waals surface area contributed by atoms with Crippen LogP contribution in [0.25, 0.3) is 0 Å².